The molecule has 0 fully saturated rings. The Labute approximate surface area is 93.6 Å². The van der Waals surface area contributed by atoms with Gasteiger partial charge in [-0.15, -0.1) is 0 Å². The highest BCUT2D eigenvalue weighted by atomic mass is 16.2. The number of aromatic nitrogens is 1. The van der Waals surface area contributed by atoms with Crippen LogP contribution in [-0.4, -0.2) is 21.7 Å². The summed E-state index contributed by atoms with van der Waals surface area (Å²) in [6.07, 6.45) is 4.82. The number of carbonyl (C=O) groups is 2. The van der Waals surface area contributed by atoms with E-state index in [2.05, 4.69) is 4.98 Å². The van der Waals surface area contributed by atoms with E-state index < -0.39 is 0 Å². The highest BCUT2D eigenvalue weighted by Crippen LogP contribution is 2.33. The molecule has 0 bridgehead atoms. The lowest BCUT2D eigenvalue weighted by molar-refractivity contribution is -0.141. The quantitative estimate of drug-likeness (QED) is 0.714. The number of nitrogens with zero attached hydrogens (tertiary/aromatic N) is 2. The standard InChI is InChI=1S/C12H12N2O2/c1-8-7-11(16)14(9(2)15)12(8)10-3-5-13-6-4-10/h3-7,12H,1-2H3. The average Bonchev–Trinajstić information content (AvgIpc) is 2.55. The Morgan fingerprint density at radius 2 is 2.00 bits per heavy atom. The zero-order valence-electron chi connectivity index (χ0n) is 9.18. The molecule has 1 aromatic heterocycles. The lowest BCUT2D eigenvalue weighted by atomic mass is 10.0. The van der Waals surface area contributed by atoms with Gasteiger partial charge in [0.25, 0.3) is 5.91 Å². The largest absolute Gasteiger partial charge is 0.275 e. The van der Waals surface area contributed by atoms with Crippen molar-refractivity contribution in [3.63, 3.8) is 0 Å². The van der Waals surface area contributed by atoms with E-state index in [1.807, 2.05) is 19.1 Å². The van der Waals surface area contributed by atoms with E-state index in [-0.39, 0.29) is 17.9 Å². The first-order valence-electron chi connectivity index (χ1n) is 5.03. The van der Waals surface area contributed by atoms with Gasteiger partial charge in [0.15, 0.2) is 0 Å². The zero-order valence-corrected chi connectivity index (χ0v) is 9.18. The van der Waals surface area contributed by atoms with Gasteiger partial charge in [-0.1, -0.05) is 0 Å². The Hall–Kier alpha value is -1.97. The Bertz CT molecular complexity index is 465. The van der Waals surface area contributed by atoms with Crippen LogP contribution in [0.2, 0.25) is 0 Å². The van der Waals surface area contributed by atoms with E-state index in [1.165, 1.54) is 17.9 Å². The van der Waals surface area contributed by atoms with Crippen molar-refractivity contribution in [3.8, 4) is 0 Å². The number of rotatable bonds is 1. The van der Waals surface area contributed by atoms with E-state index in [9.17, 15) is 9.59 Å². The molecule has 82 valence electrons. The number of hydrogen-bond donors (Lipinski definition) is 0. The van der Waals surface area contributed by atoms with Crippen molar-refractivity contribution >= 4 is 11.8 Å². The normalized spacial score (nSPS) is 19.9. The summed E-state index contributed by atoms with van der Waals surface area (Å²) < 4.78 is 0. The number of amides is 2. The first-order valence-corrected chi connectivity index (χ1v) is 5.03. The smallest absolute Gasteiger partial charge is 0.254 e. The van der Waals surface area contributed by atoms with Crippen LogP contribution in [0.15, 0.2) is 36.2 Å². The van der Waals surface area contributed by atoms with Crippen LogP contribution < -0.4 is 0 Å². The predicted octanol–water partition coefficient (Wildman–Crippen LogP) is 1.46. The molecule has 0 aromatic carbocycles. The summed E-state index contributed by atoms with van der Waals surface area (Å²) in [6, 6.07) is 3.36. The van der Waals surface area contributed by atoms with Crippen LogP contribution in [0.25, 0.3) is 0 Å². The fourth-order valence-electron chi connectivity index (χ4n) is 1.97. The van der Waals surface area contributed by atoms with Gasteiger partial charge in [0.2, 0.25) is 5.91 Å². The zero-order chi connectivity index (χ0) is 11.7. The summed E-state index contributed by atoms with van der Waals surface area (Å²) >= 11 is 0. The molecule has 2 amide bonds. The van der Waals surface area contributed by atoms with E-state index in [0.717, 1.165) is 11.1 Å². The molecular weight excluding hydrogens is 204 g/mol. The minimum absolute atomic E-state index is 0.236. The van der Waals surface area contributed by atoms with Gasteiger partial charge in [0.05, 0.1) is 6.04 Å². The fourth-order valence-corrected chi connectivity index (χ4v) is 1.97. The van der Waals surface area contributed by atoms with E-state index in [0.29, 0.717) is 0 Å². The summed E-state index contributed by atoms with van der Waals surface area (Å²) in [5.41, 5.74) is 1.79. The molecule has 1 aliphatic rings. The molecule has 0 N–H and O–H groups in total. The third kappa shape index (κ3) is 1.62. The number of pyridine rings is 1. The van der Waals surface area contributed by atoms with E-state index >= 15 is 0 Å². The summed E-state index contributed by atoms with van der Waals surface area (Å²) in [4.78, 5) is 28.3. The SMILES string of the molecule is CC(=O)N1C(=O)C=C(C)C1c1ccncc1. The molecule has 2 rings (SSSR count). The number of hydrogen-bond acceptors (Lipinski definition) is 3. The van der Waals surface area contributed by atoms with Gasteiger partial charge in [0, 0.05) is 25.4 Å². The molecule has 4 heteroatoms. The van der Waals surface area contributed by atoms with Crippen molar-refractivity contribution in [1.82, 2.24) is 9.88 Å². The number of carbonyl (C=O) groups excluding carboxylic acids is 2. The molecule has 1 atom stereocenters. The Morgan fingerprint density at radius 1 is 1.38 bits per heavy atom. The van der Waals surface area contributed by atoms with Gasteiger partial charge in [-0.05, 0) is 30.2 Å². The van der Waals surface area contributed by atoms with Gasteiger partial charge in [-0.25, -0.2) is 0 Å². The molecule has 0 saturated heterocycles. The lowest BCUT2D eigenvalue weighted by Crippen LogP contribution is -2.33. The number of imide groups is 1. The molecule has 1 unspecified atom stereocenters. The predicted molar refractivity (Wildman–Crippen MR) is 58.3 cm³/mol. The van der Waals surface area contributed by atoms with Crippen LogP contribution in [0.3, 0.4) is 0 Å². The third-order valence-electron chi connectivity index (χ3n) is 2.64. The molecule has 0 spiro atoms. The van der Waals surface area contributed by atoms with Gasteiger partial charge in [-0.2, -0.15) is 0 Å². The van der Waals surface area contributed by atoms with Crippen LogP contribution in [0.4, 0.5) is 0 Å². The van der Waals surface area contributed by atoms with Crippen LogP contribution in [0.5, 0.6) is 0 Å². The minimum Gasteiger partial charge on any atom is -0.275 e. The van der Waals surface area contributed by atoms with Gasteiger partial charge >= 0.3 is 0 Å². The van der Waals surface area contributed by atoms with Gasteiger partial charge in [0.1, 0.15) is 0 Å². The van der Waals surface area contributed by atoms with Crippen molar-refractivity contribution in [2.45, 2.75) is 19.9 Å². The maximum absolute atomic E-state index is 11.6. The van der Waals surface area contributed by atoms with Crippen molar-refractivity contribution in [2.75, 3.05) is 0 Å². The molecule has 2 heterocycles. The summed E-state index contributed by atoms with van der Waals surface area (Å²) in [5, 5.41) is 0. The topological polar surface area (TPSA) is 50.3 Å². The van der Waals surface area contributed by atoms with Crippen molar-refractivity contribution < 1.29 is 9.59 Å². The minimum atomic E-state index is -0.270. The monoisotopic (exact) mass is 216 g/mol. The summed E-state index contributed by atoms with van der Waals surface area (Å²) in [7, 11) is 0. The van der Waals surface area contributed by atoms with Crippen molar-refractivity contribution in [3.05, 3.63) is 41.7 Å². The van der Waals surface area contributed by atoms with Crippen LogP contribution in [-0.2, 0) is 9.59 Å². The molecular formula is C12H12N2O2. The summed E-state index contributed by atoms with van der Waals surface area (Å²) in [5.74, 6) is -0.480. The molecule has 0 saturated carbocycles. The lowest BCUT2D eigenvalue weighted by Gasteiger charge is -2.23. The fraction of sp³-hybridized carbons (Fsp3) is 0.250. The van der Waals surface area contributed by atoms with E-state index in [4.69, 9.17) is 0 Å². The Morgan fingerprint density at radius 3 is 2.56 bits per heavy atom. The molecule has 0 aliphatic carbocycles. The third-order valence-corrected chi connectivity index (χ3v) is 2.64. The molecule has 16 heavy (non-hydrogen) atoms. The van der Waals surface area contributed by atoms with Crippen molar-refractivity contribution in [2.24, 2.45) is 0 Å². The van der Waals surface area contributed by atoms with Crippen LogP contribution in [0.1, 0.15) is 25.5 Å². The Kier molecular flexibility index (Phi) is 2.56. The average molecular weight is 216 g/mol. The highest BCUT2D eigenvalue weighted by molar-refractivity contribution is 6.03. The second-order valence-electron chi connectivity index (χ2n) is 3.80. The molecule has 4 nitrogen and oxygen atoms in total. The van der Waals surface area contributed by atoms with Gasteiger partial charge < -0.3 is 0 Å². The first-order chi connectivity index (χ1) is 7.61. The molecule has 0 radical (unpaired) electrons. The summed E-state index contributed by atoms with van der Waals surface area (Å²) in [6.45, 7) is 3.25. The molecule has 1 aromatic rings. The Balaban J connectivity index is 2.43. The highest BCUT2D eigenvalue weighted by Gasteiger charge is 2.34. The second kappa shape index (κ2) is 3.89. The maximum Gasteiger partial charge on any atom is 0.254 e. The van der Waals surface area contributed by atoms with Crippen LogP contribution in [0, 0.1) is 0 Å². The van der Waals surface area contributed by atoms with E-state index in [1.54, 1.807) is 12.4 Å². The maximum atomic E-state index is 11.6. The van der Waals surface area contributed by atoms with Crippen molar-refractivity contribution in [1.29, 1.82) is 0 Å². The molecule has 1 aliphatic heterocycles. The first kappa shape index (κ1) is 10.5. The van der Waals surface area contributed by atoms with Crippen LogP contribution >= 0.6 is 0 Å². The second-order valence-corrected chi connectivity index (χ2v) is 3.80. The van der Waals surface area contributed by atoms with Gasteiger partial charge in [-0.3, -0.25) is 19.5 Å².